The van der Waals surface area contributed by atoms with Crippen LogP contribution >= 0.6 is 11.3 Å². The molecule has 0 aliphatic heterocycles. The fourth-order valence-electron chi connectivity index (χ4n) is 11.8. The van der Waals surface area contributed by atoms with E-state index in [-0.39, 0.29) is 0 Å². The minimum Gasteiger partial charge on any atom is -0.311 e. The minimum atomic E-state index is 0.383. The molecule has 8 aromatic carbocycles. The molecule has 0 atom stereocenters. The molecule has 13 rings (SSSR count). The molecule has 280 valence electrons. The van der Waals surface area contributed by atoms with Crippen LogP contribution in [0.3, 0.4) is 0 Å². The summed E-state index contributed by atoms with van der Waals surface area (Å²) < 4.78 is 2.68. The van der Waals surface area contributed by atoms with Crippen molar-refractivity contribution in [2.45, 2.75) is 43.9 Å². The molecule has 4 saturated carbocycles. The van der Waals surface area contributed by atoms with Gasteiger partial charge in [-0.3, -0.25) is 0 Å². The zero-order valence-electron chi connectivity index (χ0n) is 32.7. The predicted octanol–water partition coefficient (Wildman–Crippen LogP) is 16.1. The van der Waals surface area contributed by atoms with Gasteiger partial charge in [-0.05, 0) is 160 Å². The molecule has 1 heterocycles. The first-order valence-corrected chi connectivity index (χ1v) is 22.1. The van der Waals surface area contributed by atoms with Crippen molar-refractivity contribution in [2.24, 2.45) is 17.8 Å². The zero-order chi connectivity index (χ0) is 38.2. The van der Waals surface area contributed by atoms with Gasteiger partial charge < -0.3 is 4.90 Å². The van der Waals surface area contributed by atoms with Gasteiger partial charge in [-0.25, -0.2) is 0 Å². The highest BCUT2D eigenvalue weighted by Crippen LogP contribution is 2.61. The SMILES string of the molecule is c1ccc(-c2cccc3cccc(-c4ccc(N(c5ccc(-c6ccc7c(c6)sc6ccccc67)cc5)c5ccc(C67CC8CC(CC(C8)C6)C7)cc5)cc4)c23)cc1. The number of rotatable bonds is 7. The van der Waals surface area contributed by atoms with Gasteiger partial charge in [-0.15, -0.1) is 11.3 Å². The Bertz CT molecular complexity index is 2920. The standard InChI is InChI=1S/C56H45NS/c1-2-8-41(9-3-1)49-13-6-10-43-11-7-14-50(55(43)49)42-18-25-47(26-19-42)57(48-27-21-45(22-28-48)56-34-37-30-38(35-56)32-39(31-37)36-56)46-23-16-40(17-24-46)44-20-29-52-51-12-4-5-15-53(51)58-54(52)33-44/h1-29,33,37-39H,30-32,34-36H2. The smallest absolute Gasteiger partial charge is 0.0462 e. The normalized spacial score (nSPS) is 20.9. The Balaban J connectivity index is 0.928. The van der Waals surface area contributed by atoms with Crippen LogP contribution in [0.25, 0.3) is 64.3 Å². The van der Waals surface area contributed by atoms with E-state index in [4.69, 9.17) is 0 Å². The summed E-state index contributed by atoms with van der Waals surface area (Å²) in [5.41, 5.74) is 13.0. The van der Waals surface area contributed by atoms with E-state index in [9.17, 15) is 0 Å². The average molecular weight is 764 g/mol. The molecule has 4 aliphatic carbocycles. The molecule has 1 nitrogen and oxygen atoms in total. The van der Waals surface area contributed by atoms with Crippen molar-refractivity contribution in [1.29, 1.82) is 0 Å². The van der Waals surface area contributed by atoms with Crippen LogP contribution in [0.5, 0.6) is 0 Å². The molecule has 2 heteroatoms. The summed E-state index contributed by atoms with van der Waals surface area (Å²) in [6, 6.07) is 68.1. The third-order valence-electron chi connectivity index (χ3n) is 14.0. The molecule has 4 aliphatic rings. The molecule has 0 radical (unpaired) electrons. The molecule has 0 unspecified atom stereocenters. The maximum atomic E-state index is 2.49. The van der Waals surface area contributed by atoms with Gasteiger partial charge in [0, 0.05) is 37.2 Å². The van der Waals surface area contributed by atoms with Gasteiger partial charge in [0.05, 0.1) is 0 Å². The molecule has 1 aromatic heterocycles. The second-order valence-corrected chi connectivity index (χ2v) is 18.6. The van der Waals surface area contributed by atoms with Crippen molar-refractivity contribution in [1.82, 2.24) is 0 Å². The third-order valence-corrected chi connectivity index (χ3v) is 15.2. The summed E-state index contributed by atoms with van der Waals surface area (Å²) in [6.45, 7) is 0. The molecule has 4 fully saturated rings. The molecule has 0 spiro atoms. The van der Waals surface area contributed by atoms with Gasteiger partial charge in [-0.2, -0.15) is 0 Å². The van der Waals surface area contributed by atoms with Crippen LogP contribution in [-0.2, 0) is 5.41 Å². The summed E-state index contributed by atoms with van der Waals surface area (Å²) in [7, 11) is 0. The lowest BCUT2D eigenvalue weighted by Gasteiger charge is -2.57. The Morgan fingerprint density at radius 2 is 0.931 bits per heavy atom. The second-order valence-electron chi connectivity index (χ2n) is 17.6. The fourth-order valence-corrected chi connectivity index (χ4v) is 13.0. The van der Waals surface area contributed by atoms with Crippen molar-refractivity contribution in [2.75, 3.05) is 4.90 Å². The van der Waals surface area contributed by atoms with Gasteiger partial charge in [0.15, 0.2) is 0 Å². The van der Waals surface area contributed by atoms with Crippen LogP contribution in [-0.4, -0.2) is 0 Å². The molecule has 0 amide bonds. The highest BCUT2D eigenvalue weighted by Gasteiger charge is 2.51. The number of thiophene rings is 1. The number of anilines is 3. The van der Waals surface area contributed by atoms with E-state index in [0.29, 0.717) is 5.41 Å². The van der Waals surface area contributed by atoms with E-state index in [1.165, 1.54) is 114 Å². The summed E-state index contributed by atoms with van der Waals surface area (Å²) in [4.78, 5) is 2.45. The van der Waals surface area contributed by atoms with Crippen molar-refractivity contribution in [3.05, 3.63) is 188 Å². The van der Waals surface area contributed by atoms with Gasteiger partial charge in [-0.1, -0.05) is 133 Å². The Morgan fingerprint density at radius 3 is 1.57 bits per heavy atom. The summed E-state index contributed by atoms with van der Waals surface area (Å²) in [6.07, 6.45) is 8.58. The average Bonchev–Trinajstić information content (AvgIpc) is 3.65. The van der Waals surface area contributed by atoms with Crippen LogP contribution in [0, 0.1) is 17.8 Å². The van der Waals surface area contributed by atoms with E-state index in [0.717, 1.165) is 23.4 Å². The number of nitrogens with zero attached hydrogens (tertiary/aromatic N) is 1. The van der Waals surface area contributed by atoms with Crippen LogP contribution in [0.2, 0.25) is 0 Å². The van der Waals surface area contributed by atoms with Gasteiger partial charge in [0.1, 0.15) is 0 Å². The molecular weight excluding hydrogens is 719 g/mol. The Kier molecular flexibility index (Phi) is 7.98. The number of fused-ring (bicyclic) bond motifs is 4. The topological polar surface area (TPSA) is 3.24 Å². The first kappa shape index (κ1) is 34.1. The maximum absolute atomic E-state index is 2.49. The summed E-state index contributed by atoms with van der Waals surface area (Å²) in [5.74, 6) is 2.80. The van der Waals surface area contributed by atoms with Crippen LogP contribution in [0.4, 0.5) is 17.1 Å². The lowest BCUT2D eigenvalue weighted by Crippen LogP contribution is -2.48. The Hall–Kier alpha value is -5.96. The van der Waals surface area contributed by atoms with E-state index in [1.807, 2.05) is 11.3 Å². The zero-order valence-corrected chi connectivity index (χ0v) is 33.5. The lowest BCUT2D eigenvalue weighted by molar-refractivity contribution is -0.00518. The Morgan fingerprint density at radius 1 is 0.414 bits per heavy atom. The Labute approximate surface area is 345 Å². The van der Waals surface area contributed by atoms with Crippen molar-refractivity contribution < 1.29 is 0 Å². The van der Waals surface area contributed by atoms with Crippen LogP contribution in [0.15, 0.2) is 182 Å². The molecule has 4 bridgehead atoms. The number of benzene rings is 8. The van der Waals surface area contributed by atoms with Gasteiger partial charge >= 0.3 is 0 Å². The van der Waals surface area contributed by atoms with Gasteiger partial charge in [0.25, 0.3) is 0 Å². The highest BCUT2D eigenvalue weighted by molar-refractivity contribution is 7.25. The quantitative estimate of drug-likeness (QED) is 0.156. The second kappa shape index (κ2) is 13.6. The highest BCUT2D eigenvalue weighted by atomic mass is 32.1. The molecule has 58 heavy (non-hydrogen) atoms. The fraction of sp³-hybridized carbons (Fsp3) is 0.179. The van der Waals surface area contributed by atoms with E-state index in [1.54, 1.807) is 5.56 Å². The predicted molar refractivity (Wildman–Crippen MR) is 248 cm³/mol. The van der Waals surface area contributed by atoms with E-state index in [2.05, 4.69) is 187 Å². The first-order chi connectivity index (χ1) is 28.6. The lowest BCUT2D eigenvalue weighted by atomic mass is 9.48. The summed E-state index contributed by atoms with van der Waals surface area (Å²) in [5, 5.41) is 5.24. The largest absolute Gasteiger partial charge is 0.311 e. The maximum Gasteiger partial charge on any atom is 0.0462 e. The number of hydrogen-bond acceptors (Lipinski definition) is 2. The van der Waals surface area contributed by atoms with Crippen molar-refractivity contribution >= 4 is 59.3 Å². The number of hydrogen-bond donors (Lipinski definition) is 0. The monoisotopic (exact) mass is 763 g/mol. The first-order valence-electron chi connectivity index (χ1n) is 21.2. The van der Waals surface area contributed by atoms with E-state index >= 15 is 0 Å². The molecular formula is C56H45NS. The van der Waals surface area contributed by atoms with Gasteiger partial charge in [0.2, 0.25) is 0 Å². The third kappa shape index (κ3) is 5.72. The van der Waals surface area contributed by atoms with Crippen molar-refractivity contribution in [3.63, 3.8) is 0 Å². The molecule has 0 N–H and O–H groups in total. The minimum absolute atomic E-state index is 0.383. The van der Waals surface area contributed by atoms with Crippen LogP contribution < -0.4 is 4.90 Å². The molecule has 0 saturated heterocycles. The summed E-state index contributed by atoms with van der Waals surface area (Å²) >= 11 is 1.88. The van der Waals surface area contributed by atoms with E-state index < -0.39 is 0 Å². The van der Waals surface area contributed by atoms with Crippen molar-refractivity contribution in [3.8, 4) is 33.4 Å². The van der Waals surface area contributed by atoms with Crippen LogP contribution in [0.1, 0.15) is 44.1 Å². The molecule has 9 aromatic rings.